The lowest BCUT2D eigenvalue weighted by molar-refractivity contribution is -0.146. The third-order valence-corrected chi connectivity index (χ3v) is 17.3. The summed E-state index contributed by atoms with van der Waals surface area (Å²) in [5, 5.41) is 16.3. The predicted octanol–water partition coefficient (Wildman–Crippen LogP) is 8.24. The lowest BCUT2D eigenvalue weighted by Gasteiger charge is -2.41. The molecule has 0 bridgehead atoms. The largest absolute Gasteiger partial charge is 0.462 e. The zero-order valence-corrected chi connectivity index (χ0v) is 47.7. The fourth-order valence-electron chi connectivity index (χ4n) is 11.7. The summed E-state index contributed by atoms with van der Waals surface area (Å²) < 4.78 is 26.7. The Labute approximate surface area is 476 Å². The number of β-amino-alcohol motifs (C(OH)–C–C–N with tert-alkyl or cyclic N) is 1. The molecule has 2 N–H and O–H groups in total. The summed E-state index contributed by atoms with van der Waals surface area (Å²) in [5.41, 5.74) is 6.94. The van der Waals surface area contributed by atoms with E-state index in [2.05, 4.69) is 42.5 Å². The summed E-state index contributed by atoms with van der Waals surface area (Å²) in [6.45, 7) is 23.6. The van der Waals surface area contributed by atoms with Gasteiger partial charge in [0.15, 0.2) is 5.83 Å². The zero-order chi connectivity index (χ0) is 56.7. The van der Waals surface area contributed by atoms with Crippen molar-refractivity contribution < 1.29 is 38.1 Å². The van der Waals surface area contributed by atoms with Crippen LogP contribution in [0.3, 0.4) is 0 Å². The Kier molecular flexibility index (Phi) is 18.8. The van der Waals surface area contributed by atoms with Crippen molar-refractivity contribution in [2.45, 2.75) is 110 Å². The molecule has 0 unspecified atom stereocenters. The third kappa shape index (κ3) is 13.6. The average molecular weight is 1130 g/mol. The molecular formula is C60H72ClFN10O7S. The summed E-state index contributed by atoms with van der Waals surface area (Å²) in [6, 6.07) is 18.9. The average Bonchev–Trinajstić information content (AvgIpc) is 4.30. The maximum atomic E-state index is 14.2. The number of aromatic nitrogens is 3. The molecule has 0 spiro atoms. The Balaban J connectivity index is 0.772. The van der Waals surface area contributed by atoms with Crippen LogP contribution in [0.25, 0.3) is 26.1 Å². The first kappa shape index (κ1) is 58.1. The van der Waals surface area contributed by atoms with Gasteiger partial charge in [0.1, 0.15) is 30.3 Å². The number of hydrogen-bond acceptors (Lipinski definition) is 14. The predicted molar refractivity (Wildman–Crippen MR) is 308 cm³/mol. The number of anilines is 2. The van der Waals surface area contributed by atoms with Crippen LogP contribution >= 0.6 is 22.9 Å². The number of carbonyl (C=O) groups excluding carboxylic acids is 4. The lowest BCUT2D eigenvalue weighted by Crippen LogP contribution is -2.57. The first-order chi connectivity index (χ1) is 38.5. The van der Waals surface area contributed by atoms with Crippen LogP contribution < -0.4 is 19.9 Å². The fourth-order valence-corrected chi connectivity index (χ4v) is 12.7. The van der Waals surface area contributed by atoms with Gasteiger partial charge in [0.05, 0.1) is 46.1 Å². The van der Waals surface area contributed by atoms with Crippen LogP contribution in [0, 0.1) is 24.8 Å². The van der Waals surface area contributed by atoms with Crippen molar-refractivity contribution in [2.75, 3.05) is 82.0 Å². The van der Waals surface area contributed by atoms with Crippen molar-refractivity contribution in [3.05, 3.63) is 118 Å². The summed E-state index contributed by atoms with van der Waals surface area (Å²) in [6.07, 6.45) is 2.69. The minimum Gasteiger partial charge on any atom is -0.462 e. The number of ketones is 1. The number of piperazine rings is 1. The topological polar surface area (TPSA) is 178 Å². The van der Waals surface area contributed by atoms with E-state index in [1.165, 1.54) is 9.80 Å². The third-order valence-electron chi connectivity index (χ3n) is 16.0. The van der Waals surface area contributed by atoms with Crippen molar-refractivity contribution in [2.24, 2.45) is 11.3 Å². The molecule has 3 fully saturated rings. The molecule has 424 valence electrons. The molecule has 3 aromatic carbocycles. The van der Waals surface area contributed by atoms with Gasteiger partial charge in [-0.25, -0.2) is 15.9 Å². The number of ether oxygens (including phenoxy) is 2. The number of benzene rings is 3. The number of likely N-dealkylation sites (tertiary alicyclic amines) is 2. The molecule has 2 aromatic heterocycles. The number of aliphatic hydroxyl groups excluding tert-OH is 1. The first-order valence-corrected chi connectivity index (χ1v) is 29.0. The number of amides is 3. The standard InChI is InChI=1S/C60H72ClFN10O7S/c1-38(62)57(76)71-26-25-70(33-44(71)32-63-6)55-47-20-24-69(51-15-8-12-41-11-7-14-49(61)53(41)51)35-50(47)66-59(67-55)79-36-43-13-9-22-68(43)23-10-27-78-28-21-45(73)29-48(60(3,4)5)58(77)72-34-46(74)30-52(72)56(75)64-31-40-16-18-42(19-17-40)54-39(2)65-37-80-54/h7-8,11-12,14-19,37,43-44,46,48,52,74H,1,9-10,13,20-36H2,2-5H3,(H,64,75)/t43-,44-,46+,48+,52-/m0/s1. The maximum absolute atomic E-state index is 14.2. The van der Waals surface area contributed by atoms with E-state index in [4.69, 9.17) is 37.6 Å². The Morgan fingerprint density at radius 3 is 2.51 bits per heavy atom. The monoisotopic (exact) mass is 1130 g/mol. The number of nitrogens with one attached hydrogen (secondary N) is 1. The molecule has 0 saturated carbocycles. The van der Waals surface area contributed by atoms with E-state index in [0.717, 1.165) is 81.8 Å². The van der Waals surface area contributed by atoms with Crippen molar-refractivity contribution >= 4 is 68.7 Å². The van der Waals surface area contributed by atoms with Gasteiger partial charge in [-0.15, -0.1) is 11.3 Å². The Morgan fingerprint density at radius 1 is 0.988 bits per heavy atom. The van der Waals surface area contributed by atoms with E-state index >= 15 is 0 Å². The zero-order valence-electron chi connectivity index (χ0n) is 46.2. The number of aryl methyl sites for hydroxylation is 1. The number of nitrogens with zero attached hydrogens (tertiary/aromatic N) is 9. The number of rotatable bonds is 21. The summed E-state index contributed by atoms with van der Waals surface area (Å²) in [7, 11) is 0. The second-order valence-electron chi connectivity index (χ2n) is 22.5. The van der Waals surface area contributed by atoms with E-state index in [-0.39, 0.29) is 88.2 Å². The van der Waals surface area contributed by atoms with Crippen molar-refractivity contribution in [3.8, 4) is 16.5 Å². The van der Waals surface area contributed by atoms with Gasteiger partial charge in [0, 0.05) is 100 Å². The molecule has 4 aliphatic rings. The summed E-state index contributed by atoms with van der Waals surface area (Å²) in [4.78, 5) is 82.8. The Morgan fingerprint density at radius 2 is 1.77 bits per heavy atom. The molecule has 3 saturated heterocycles. The quantitative estimate of drug-likeness (QED) is 0.0408. The lowest BCUT2D eigenvalue weighted by atomic mass is 9.76. The Bertz CT molecular complexity index is 3110. The highest BCUT2D eigenvalue weighted by molar-refractivity contribution is 7.13. The highest BCUT2D eigenvalue weighted by Crippen LogP contribution is 2.39. The second kappa shape index (κ2) is 25.9. The number of thiazole rings is 1. The number of fused-ring (bicyclic) bond motifs is 2. The number of hydrogen-bond donors (Lipinski definition) is 2. The number of aliphatic hydroxyl groups is 1. The molecule has 6 heterocycles. The van der Waals surface area contributed by atoms with E-state index in [1.54, 1.807) is 11.3 Å². The summed E-state index contributed by atoms with van der Waals surface area (Å²) in [5.74, 6) is -2.61. The Hall–Kier alpha value is -6.56. The van der Waals surface area contributed by atoms with Gasteiger partial charge in [-0.05, 0) is 73.2 Å². The van der Waals surface area contributed by atoms with Gasteiger partial charge in [-0.2, -0.15) is 9.97 Å². The molecule has 0 radical (unpaired) electrons. The van der Waals surface area contributed by atoms with Gasteiger partial charge < -0.3 is 44.3 Å². The second-order valence-corrected chi connectivity index (χ2v) is 23.7. The fraction of sp³-hybridized carbons (Fsp3) is 0.500. The van der Waals surface area contributed by atoms with Crippen LogP contribution in [-0.2, 0) is 43.4 Å². The minimum atomic E-state index is -1.05. The minimum absolute atomic E-state index is 0.00221. The van der Waals surface area contributed by atoms with Gasteiger partial charge in [-0.3, -0.25) is 24.1 Å². The van der Waals surface area contributed by atoms with E-state index in [0.29, 0.717) is 50.1 Å². The molecule has 5 aromatic rings. The molecule has 17 nitrogen and oxygen atoms in total. The van der Waals surface area contributed by atoms with E-state index in [9.17, 15) is 28.7 Å². The van der Waals surface area contributed by atoms with Crippen molar-refractivity contribution in [1.29, 1.82) is 0 Å². The van der Waals surface area contributed by atoms with Crippen LogP contribution in [-0.4, -0.2) is 155 Å². The van der Waals surface area contributed by atoms with Gasteiger partial charge in [0.25, 0.3) is 5.91 Å². The van der Waals surface area contributed by atoms with E-state index in [1.807, 2.05) is 87.8 Å². The molecule has 4 aliphatic heterocycles. The number of halogens is 2. The van der Waals surface area contributed by atoms with Gasteiger partial charge >= 0.3 is 6.01 Å². The number of carbonyl (C=O) groups is 4. The van der Waals surface area contributed by atoms with Crippen LogP contribution in [0.4, 0.5) is 15.9 Å². The molecular weight excluding hydrogens is 1060 g/mol. The first-order valence-electron chi connectivity index (χ1n) is 27.7. The van der Waals surface area contributed by atoms with Gasteiger partial charge in [-0.1, -0.05) is 87.5 Å². The van der Waals surface area contributed by atoms with Crippen LogP contribution in [0.15, 0.2) is 78.6 Å². The van der Waals surface area contributed by atoms with Crippen molar-refractivity contribution in [3.63, 3.8) is 0 Å². The van der Waals surface area contributed by atoms with E-state index < -0.39 is 41.3 Å². The molecule has 80 heavy (non-hydrogen) atoms. The molecule has 0 aliphatic carbocycles. The smallest absolute Gasteiger partial charge is 0.318 e. The van der Waals surface area contributed by atoms with Gasteiger partial charge in [0.2, 0.25) is 18.4 Å². The van der Waals surface area contributed by atoms with Crippen LogP contribution in [0.1, 0.15) is 81.8 Å². The molecule has 5 atom stereocenters. The summed E-state index contributed by atoms with van der Waals surface area (Å²) >= 11 is 8.37. The highest BCUT2D eigenvalue weighted by Gasteiger charge is 2.45. The highest BCUT2D eigenvalue weighted by atomic mass is 35.5. The number of Topliss-reactive ketones (excluding diaryl/α,β-unsaturated/α-hetero) is 1. The van der Waals surface area contributed by atoms with Crippen molar-refractivity contribution in [1.82, 2.24) is 35.0 Å². The maximum Gasteiger partial charge on any atom is 0.318 e. The molecule has 3 amide bonds. The SMILES string of the molecule is [C-]#[N+]C[C@H]1CN(c2nc(OC[C@@H]3CCCN3CCCOCCC(=O)C[C@H](C(=O)N3C[C@H](O)C[C@H]3C(=O)NCc3ccc(-c4scnc4C)cc3)C(C)(C)C)nc3c2CCN(c2cccc4cccc(Cl)c24)C3)CCN1C(=O)C(=C)F. The van der Waals surface area contributed by atoms with Crippen LogP contribution in [0.5, 0.6) is 6.01 Å². The molecule has 20 heteroatoms. The molecule has 9 rings (SSSR count). The normalized spacial score (nSPS) is 19.9. The van der Waals surface area contributed by atoms with Crippen LogP contribution in [0.2, 0.25) is 5.02 Å².